The van der Waals surface area contributed by atoms with Crippen LogP contribution in [0.25, 0.3) is 11.5 Å². The van der Waals surface area contributed by atoms with E-state index in [1.165, 1.54) is 11.1 Å². The van der Waals surface area contributed by atoms with Crippen molar-refractivity contribution in [3.05, 3.63) is 108 Å². The molecule has 0 saturated carbocycles. The van der Waals surface area contributed by atoms with Crippen LogP contribution in [0.4, 0.5) is 5.69 Å². The monoisotopic (exact) mass is 398 g/mol. The molecule has 30 heavy (non-hydrogen) atoms. The number of nitrogens with zero attached hydrogens (tertiary/aromatic N) is 1. The summed E-state index contributed by atoms with van der Waals surface area (Å²) in [5.41, 5.74) is 5.44. The first kappa shape index (κ1) is 19.9. The fraction of sp³-hybridized carbons (Fsp3) is 0.192. The Morgan fingerprint density at radius 3 is 2.27 bits per heavy atom. The SMILES string of the molecule is Cc1oc(-c2ccc(CNc3ccccc3)cc2)nc1CCOCc1ccccc1. The lowest BCUT2D eigenvalue weighted by atomic mass is 10.1. The maximum absolute atomic E-state index is 5.90. The van der Waals surface area contributed by atoms with Crippen LogP contribution >= 0.6 is 0 Å². The standard InChI is InChI=1S/C26H26N2O2/c1-20-25(16-17-29-19-22-8-4-2-5-9-22)28-26(30-20)23-14-12-21(13-15-23)18-27-24-10-6-3-7-11-24/h2-15,27H,16-19H2,1H3. The van der Waals surface area contributed by atoms with Crippen molar-refractivity contribution < 1.29 is 9.15 Å². The lowest BCUT2D eigenvalue weighted by molar-refractivity contribution is 0.123. The van der Waals surface area contributed by atoms with Crippen molar-refractivity contribution in [1.29, 1.82) is 0 Å². The first-order valence-electron chi connectivity index (χ1n) is 10.2. The molecule has 0 radical (unpaired) electrons. The zero-order valence-electron chi connectivity index (χ0n) is 17.2. The summed E-state index contributed by atoms with van der Waals surface area (Å²) < 4.78 is 11.7. The van der Waals surface area contributed by atoms with Crippen LogP contribution in [0.5, 0.6) is 0 Å². The summed E-state index contributed by atoms with van der Waals surface area (Å²) in [6.45, 7) is 3.97. The van der Waals surface area contributed by atoms with E-state index in [-0.39, 0.29) is 0 Å². The van der Waals surface area contributed by atoms with E-state index in [0.29, 0.717) is 19.1 Å². The Morgan fingerprint density at radius 2 is 1.53 bits per heavy atom. The number of aromatic nitrogens is 1. The summed E-state index contributed by atoms with van der Waals surface area (Å²) >= 11 is 0. The molecule has 0 unspecified atom stereocenters. The number of anilines is 1. The number of para-hydroxylation sites is 1. The summed E-state index contributed by atoms with van der Waals surface area (Å²) in [6.07, 6.45) is 0.737. The van der Waals surface area contributed by atoms with Gasteiger partial charge < -0.3 is 14.5 Å². The van der Waals surface area contributed by atoms with Crippen molar-refractivity contribution in [1.82, 2.24) is 4.98 Å². The molecule has 0 atom stereocenters. The second-order valence-corrected chi connectivity index (χ2v) is 7.23. The van der Waals surface area contributed by atoms with Crippen molar-refractivity contribution in [2.75, 3.05) is 11.9 Å². The second kappa shape index (κ2) is 9.90. The number of hydrogen-bond donors (Lipinski definition) is 1. The Kier molecular flexibility index (Phi) is 6.58. The lowest BCUT2D eigenvalue weighted by Gasteiger charge is -2.06. The van der Waals surface area contributed by atoms with Crippen molar-refractivity contribution in [2.24, 2.45) is 0 Å². The highest BCUT2D eigenvalue weighted by Gasteiger charge is 2.11. The van der Waals surface area contributed by atoms with Gasteiger partial charge in [0.05, 0.1) is 18.9 Å². The predicted octanol–water partition coefficient (Wildman–Crippen LogP) is 6.02. The van der Waals surface area contributed by atoms with E-state index in [0.717, 1.165) is 35.7 Å². The van der Waals surface area contributed by atoms with Crippen LogP contribution < -0.4 is 5.32 Å². The smallest absolute Gasteiger partial charge is 0.226 e. The molecule has 0 aliphatic rings. The van der Waals surface area contributed by atoms with Gasteiger partial charge in [0.1, 0.15) is 5.76 Å². The van der Waals surface area contributed by atoms with E-state index < -0.39 is 0 Å². The molecule has 0 amide bonds. The third kappa shape index (κ3) is 5.37. The van der Waals surface area contributed by atoms with Gasteiger partial charge in [0.2, 0.25) is 5.89 Å². The molecule has 0 spiro atoms. The van der Waals surface area contributed by atoms with Gasteiger partial charge in [-0.05, 0) is 42.3 Å². The zero-order valence-corrected chi connectivity index (χ0v) is 17.2. The average molecular weight is 399 g/mol. The molecule has 0 fully saturated rings. The minimum atomic E-state index is 0.614. The molecule has 4 rings (SSSR count). The van der Waals surface area contributed by atoms with E-state index in [1.807, 2.05) is 43.3 Å². The number of ether oxygens (including phenoxy) is 1. The van der Waals surface area contributed by atoms with Gasteiger partial charge in [0.25, 0.3) is 0 Å². The molecule has 0 saturated heterocycles. The Hall–Kier alpha value is -3.37. The lowest BCUT2D eigenvalue weighted by Crippen LogP contribution is -2.00. The number of hydrogen-bond acceptors (Lipinski definition) is 4. The van der Waals surface area contributed by atoms with Crippen LogP contribution in [0.15, 0.2) is 89.3 Å². The van der Waals surface area contributed by atoms with Gasteiger partial charge in [-0.25, -0.2) is 4.98 Å². The van der Waals surface area contributed by atoms with Crippen molar-refractivity contribution >= 4 is 5.69 Å². The number of rotatable bonds is 9. The van der Waals surface area contributed by atoms with Gasteiger partial charge in [0.15, 0.2) is 0 Å². The Morgan fingerprint density at radius 1 is 0.833 bits per heavy atom. The average Bonchev–Trinajstić information content (AvgIpc) is 3.17. The molecule has 0 aliphatic carbocycles. The van der Waals surface area contributed by atoms with Crippen molar-refractivity contribution in [2.45, 2.75) is 26.5 Å². The van der Waals surface area contributed by atoms with E-state index in [2.05, 4.69) is 58.8 Å². The largest absolute Gasteiger partial charge is 0.441 e. The summed E-state index contributed by atoms with van der Waals surface area (Å²) in [5, 5.41) is 3.42. The topological polar surface area (TPSA) is 47.3 Å². The molecule has 4 nitrogen and oxygen atoms in total. The van der Waals surface area contributed by atoms with Gasteiger partial charge in [0, 0.05) is 24.2 Å². The van der Waals surface area contributed by atoms with Gasteiger partial charge in [-0.15, -0.1) is 0 Å². The summed E-state index contributed by atoms with van der Waals surface area (Å²) in [6, 6.07) is 28.7. The van der Waals surface area contributed by atoms with Crippen molar-refractivity contribution in [3.63, 3.8) is 0 Å². The molecule has 1 aromatic heterocycles. The van der Waals surface area contributed by atoms with Crippen LogP contribution in [0.3, 0.4) is 0 Å². The van der Waals surface area contributed by atoms with Crippen LogP contribution in [0, 0.1) is 6.92 Å². The minimum absolute atomic E-state index is 0.614. The number of nitrogens with one attached hydrogen (secondary N) is 1. The third-order valence-electron chi connectivity index (χ3n) is 4.96. The van der Waals surface area contributed by atoms with E-state index >= 15 is 0 Å². The molecule has 152 valence electrons. The number of oxazole rings is 1. The maximum atomic E-state index is 5.90. The fourth-order valence-corrected chi connectivity index (χ4v) is 3.24. The Balaban J connectivity index is 1.30. The molecule has 3 aromatic carbocycles. The number of aryl methyl sites for hydroxylation is 1. The van der Waals surface area contributed by atoms with Gasteiger partial charge in [-0.1, -0.05) is 60.7 Å². The highest BCUT2D eigenvalue weighted by Crippen LogP contribution is 2.23. The van der Waals surface area contributed by atoms with Crippen LogP contribution in [0.2, 0.25) is 0 Å². The van der Waals surface area contributed by atoms with Gasteiger partial charge in [-0.2, -0.15) is 0 Å². The molecule has 0 bridgehead atoms. The zero-order chi connectivity index (χ0) is 20.6. The Bertz CT molecular complexity index is 1040. The summed E-state index contributed by atoms with van der Waals surface area (Å²) in [7, 11) is 0. The van der Waals surface area contributed by atoms with E-state index in [9.17, 15) is 0 Å². The molecule has 1 N–H and O–H groups in total. The van der Waals surface area contributed by atoms with Crippen LogP contribution in [-0.4, -0.2) is 11.6 Å². The van der Waals surface area contributed by atoms with Gasteiger partial charge in [-0.3, -0.25) is 0 Å². The van der Waals surface area contributed by atoms with E-state index in [1.54, 1.807) is 0 Å². The normalized spacial score (nSPS) is 10.8. The molecule has 1 heterocycles. The second-order valence-electron chi connectivity index (χ2n) is 7.23. The third-order valence-corrected chi connectivity index (χ3v) is 4.96. The maximum Gasteiger partial charge on any atom is 0.226 e. The summed E-state index contributed by atoms with van der Waals surface area (Å²) in [4.78, 5) is 4.69. The molecule has 0 aliphatic heterocycles. The van der Waals surface area contributed by atoms with Crippen LogP contribution in [-0.2, 0) is 24.3 Å². The highest BCUT2D eigenvalue weighted by atomic mass is 16.5. The quantitative estimate of drug-likeness (QED) is 0.350. The van der Waals surface area contributed by atoms with Crippen molar-refractivity contribution in [3.8, 4) is 11.5 Å². The van der Waals surface area contributed by atoms with Crippen LogP contribution in [0.1, 0.15) is 22.6 Å². The predicted molar refractivity (Wildman–Crippen MR) is 120 cm³/mol. The fourth-order valence-electron chi connectivity index (χ4n) is 3.24. The number of benzene rings is 3. The van der Waals surface area contributed by atoms with E-state index in [4.69, 9.17) is 9.15 Å². The molecular weight excluding hydrogens is 372 g/mol. The Labute approximate surface area is 177 Å². The first-order valence-corrected chi connectivity index (χ1v) is 10.2. The molecule has 4 heteroatoms. The molecular formula is C26H26N2O2. The first-order chi connectivity index (χ1) is 14.8. The summed E-state index contributed by atoms with van der Waals surface area (Å²) in [5.74, 6) is 1.51. The molecule has 4 aromatic rings. The van der Waals surface area contributed by atoms with Gasteiger partial charge >= 0.3 is 0 Å². The highest BCUT2D eigenvalue weighted by molar-refractivity contribution is 5.54. The minimum Gasteiger partial charge on any atom is -0.441 e.